The molecular weight excluding hydrogens is 344 g/mol. The fourth-order valence-corrected chi connectivity index (χ4v) is 2.83. The zero-order valence-electron chi connectivity index (χ0n) is 16.7. The third-order valence-corrected chi connectivity index (χ3v) is 4.34. The molecule has 2 amide bonds. The van der Waals surface area contributed by atoms with Gasteiger partial charge >= 0.3 is 6.03 Å². The molecule has 0 bridgehead atoms. The van der Waals surface area contributed by atoms with E-state index < -0.39 is 0 Å². The molecule has 1 heterocycles. The van der Waals surface area contributed by atoms with Crippen molar-refractivity contribution in [2.75, 3.05) is 41.5 Å². The van der Waals surface area contributed by atoms with Gasteiger partial charge in [-0.2, -0.15) is 0 Å². The van der Waals surface area contributed by atoms with Crippen LogP contribution in [-0.4, -0.2) is 57.3 Å². The summed E-state index contributed by atoms with van der Waals surface area (Å²) in [7, 11) is 6.53. The molecule has 27 heavy (non-hydrogen) atoms. The van der Waals surface area contributed by atoms with Crippen molar-refractivity contribution in [3.05, 3.63) is 53.6 Å². The molecule has 0 saturated carbocycles. The van der Waals surface area contributed by atoms with Gasteiger partial charge < -0.3 is 24.0 Å². The molecule has 146 valence electrons. The van der Waals surface area contributed by atoms with Crippen LogP contribution >= 0.6 is 0 Å². The first-order chi connectivity index (χ1) is 13.0. The Morgan fingerprint density at radius 3 is 1.89 bits per heavy atom. The Morgan fingerprint density at radius 1 is 0.926 bits per heavy atom. The van der Waals surface area contributed by atoms with E-state index in [9.17, 15) is 4.79 Å². The molecule has 6 nitrogen and oxygen atoms in total. The lowest BCUT2D eigenvalue weighted by atomic mass is 10.1. The van der Waals surface area contributed by atoms with E-state index in [1.807, 2.05) is 30.3 Å². The van der Waals surface area contributed by atoms with Crippen molar-refractivity contribution >= 4 is 6.03 Å². The first kappa shape index (κ1) is 20.4. The van der Waals surface area contributed by atoms with Crippen molar-refractivity contribution in [3.8, 4) is 17.2 Å². The van der Waals surface area contributed by atoms with Crippen LogP contribution in [0.3, 0.4) is 0 Å². The molecule has 1 fully saturated rings. The molecule has 6 heteroatoms. The summed E-state index contributed by atoms with van der Waals surface area (Å²) in [6.07, 6.45) is 0. The summed E-state index contributed by atoms with van der Waals surface area (Å²) in [6.45, 7) is 4.09. The fourth-order valence-electron chi connectivity index (χ4n) is 2.83. The number of hydrogen-bond donors (Lipinski definition) is 0. The van der Waals surface area contributed by atoms with Gasteiger partial charge in [-0.05, 0) is 24.6 Å². The van der Waals surface area contributed by atoms with E-state index in [2.05, 4.69) is 19.1 Å². The van der Waals surface area contributed by atoms with Crippen LogP contribution < -0.4 is 14.2 Å². The van der Waals surface area contributed by atoms with Gasteiger partial charge in [-0.15, -0.1) is 0 Å². The van der Waals surface area contributed by atoms with Gasteiger partial charge in [0.1, 0.15) is 0 Å². The van der Waals surface area contributed by atoms with E-state index in [1.165, 1.54) is 5.56 Å². The number of carbonyl (C=O) groups is 1. The third-order valence-electron chi connectivity index (χ3n) is 4.34. The number of hydrogen-bond acceptors (Lipinski definition) is 4. The number of methoxy groups -OCH3 is 3. The van der Waals surface area contributed by atoms with E-state index in [0.29, 0.717) is 23.8 Å². The summed E-state index contributed by atoms with van der Waals surface area (Å²) in [5.74, 6) is 1.76. The average molecular weight is 372 g/mol. The van der Waals surface area contributed by atoms with Crippen molar-refractivity contribution in [1.82, 2.24) is 9.80 Å². The molecule has 0 atom stereocenters. The molecule has 0 N–H and O–H groups in total. The van der Waals surface area contributed by atoms with Crippen molar-refractivity contribution in [2.45, 2.75) is 13.5 Å². The third kappa shape index (κ3) is 5.29. The first-order valence-electron chi connectivity index (χ1n) is 8.80. The number of aryl methyl sites for hydroxylation is 1. The molecular formula is C21H28N2O4. The van der Waals surface area contributed by atoms with Crippen LogP contribution in [0.1, 0.15) is 11.1 Å². The van der Waals surface area contributed by atoms with Crippen LogP contribution in [-0.2, 0) is 6.54 Å². The van der Waals surface area contributed by atoms with Crippen LogP contribution in [0.15, 0.2) is 42.5 Å². The quantitative estimate of drug-likeness (QED) is 0.805. The highest BCUT2D eigenvalue weighted by atomic mass is 16.5. The highest BCUT2D eigenvalue weighted by Gasteiger charge is 2.26. The van der Waals surface area contributed by atoms with Crippen LogP contribution in [0.2, 0.25) is 0 Å². The molecule has 0 radical (unpaired) electrons. The molecule has 1 aliphatic heterocycles. The minimum Gasteiger partial charge on any atom is -0.493 e. The molecule has 0 aromatic heterocycles. The molecule has 0 aliphatic carbocycles. The first-order valence-corrected chi connectivity index (χ1v) is 8.80. The smallest absolute Gasteiger partial charge is 0.320 e. The van der Waals surface area contributed by atoms with Gasteiger partial charge in [0.2, 0.25) is 5.75 Å². The van der Waals surface area contributed by atoms with Gasteiger partial charge in [-0.3, -0.25) is 0 Å². The zero-order chi connectivity index (χ0) is 19.8. The maximum absolute atomic E-state index is 11.9. The molecule has 1 saturated heterocycles. The number of amides is 2. The second-order valence-electron chi connectivity index (χ2n) is 6.31. The Hall–Kier alpha value is -2.89. The number of benzene rings is 2. The van der Waals surface area contributed by atoms with Crippen LogP contribution in [0.25, 0.3) is 0 Å². The van der Waals surface area contributed by atoms with Crippen molar-refractivity contribution in [1.29, 1.82) is 0 Å². The monoisotopic (exact) mass is 372 g/mol. The van der Waals surface area contributed by atoms with E-state index in [-0.39, 0.29) is 6.03 Å². The number of nitrogens with zero attached hydrogens (tertiary/aromatic N) is 2. The lowest BCUT2D eigenvalue weighted by molar-refractivity contribution is 0.197. The zero-order valence-corrected chi connectivity index (χ0v) is 16.7. The van der Waals surface area contributed by atoms with E-state index >= 15 is 0 Å². The molecule has 0 spiro atoms. The molecule has 0 unspecified atom stereocenters. The van der Waals surface area contributed by atoms with Crippen LogP contribution in [0.4, 0.5) is 4.79 Å². The highest BCUT2D eigenvalue weighted by molar-refractivity contribution is 5.76. The van der Waals surface area contributed by atoms with Gasteiger partial charge in [0, 0.05) is 26.7 Å². The lowest BCUT2D eigenvalue weighted by Crippen LogP contribution is -2.28. The summed E-state index contributed by atoms with van der Waals surface area (Å²) in [5, 5.41) is 0. The van der Waals surface area contributed by atoms with E-state index in [1.54, 1.807) is 38.2 Å². The summed E-state index contributed by atoms with van der Waals surface area (Å²) < 4.78 is 15.9. The minimum atomic E-state index is 0.0405. The maximum atomic E-state index is 11.9. The Balaban J connectivity index is 0.000000313. The normalized spacial score (nSPS) is 13.1. The lowest BCUT2D eigenvalue weighted by Gasteiger charge is -2.18. The number of rotatable bonds is 5. The van der Waals surface area contributed by atoms with Crippen molar-refractivity contribution < 1.29 is 19.0 Å². The second-order valence-corrected chi connectivity index (χ2v) is 6.31. The Labute approximate surface area is 161 Å². The van der Waals surface area contributed by atoms with Crippen molar-refractivity contribution in [2.24, 2.45) is 0 Å². The van der Waals surface area contributed by atoms with Gasteiger partial charge in [0.05, 0.1) is 21.3 Å². The number of urea groups is 1. The van der Waals surface area contributed by atoms with E-state index in [4.69, 9.17) is 14.2 Å². The predicted octanol–water partition coefficient (Wildman–Crippen LogP) is 3.57. The van der Waals surface area contributed by atoms with Gasteiger partial charge in [0.25, 0.3) is 0 Å². The molecule has 2 aromatic carbocycles. The summed E-state index contributed by atoms with van der Waals surface area (Å²) in [4.78, 5) is 15.4. The summed E-state index contributed by atoms with van der Waals surface area (Å²) in [6, 6.07) is 14.0. The molecule has 2 aromatic rings. The highest BCUT2D eigenvalue weighted by Crippen LogP contribution is 2.38. The maximum Gasteiger partial charge on any atom is 0.320 e. The predicted molar refractivity (Wildman–Crippen MR) is 106 cm³/mol. The Morgan fingerprint density at radius 2 is 1.52 bits per heavy atom. The van der Waals surface area contributed by atoms with Gasteiger partial charge in [-0.25, -0.2) is 4.79 Å². The number of likely N-dealkylation sites (N-methyl/N-ethyl adjacent to an activating group) is 1. The number of ether oxygens (including phenoxy) is 3. The van der Waals surface area contributed by atoms with Gasteiger partial charge in [-0.1, -0.05) is 35.9 Å². The Kier molecular flexibility index (Phi) is 7.34. The van der Waals surface area contributed by atoms with Crippen LogP contribution in [0, 0.1) is 6.92 Å². The van der Waals surface area contributed by atoms with E-state index in [0.717, 1.165) is 18.7 Å². The Bertz CT molecular complexity index is 724. The standard InChI is InChI=1S/C14H20N2O4.C7H8/c1-15-5-6-16(14(15)17)9-10-7-11(18-2)13(20-4)12(8-10)19-3;1-7-5-3-2-4-6-7/h7-8H,5-6,9H2,1-4H3;2-6H,1H3. The van der Waals surface area contributed by atoms with Gasteiger partial charge in [0.15, 0.2) is 11.5 Å². The number of carbonyl (C=O) groups excluding carboxylic acids is 1. The molecule has 1 aliphatic rings. The molecule has 3 rings (SSSR count). The largest absolute Gasteiger partial charge is 0.493 e. The minimum absolute atomic E-state index is 0.0405. The van der Waals surface area contributed by atoms with Crippen molar-refractivity contribution in [3.63, 3.8) is 0 Å². The SMILES string of the molecule is COc1cc(CN2CCN(C)C2=O)cc(OC)c1OC.Cc1ccccc1. The fraction of sp³-hybridized carbons (Fsp3) is 0.381. The second kappa shape index (κ2) is 9.71. The topological polar surface area (TPSA) is 51.2 Å². The summed E-state index contributed by atoms with van der Waals surface area (Å²) >= 11 is 0. The van der Waals surface area contributed by atoms with Crippen LogP contribution in [0.5, 0.6) is 17.2 Å². The summed E-state index contributed by atoms with van der Waals surface area (Å²) in [5.41, 5.74) is 2.27. The average Bonchev–Trinajstić information content (AvgIpc) is 3.00.